The monoisotopic (exact) mass is 485 g/mol. The number of benzene rings is 1. The van der Waals surface area contributed by atoms with Gasteiger partial charge in [0.2, 0.25) is 0 Å². The van der Waals surface area contributed by atoms with Gasteiger partial charge in [0, 0.05) is 51.5 Å². The van der Waals surface area contributed by atoms with Crippen LogP contribution in [0.3, 0.4) is 0 Å². The summed E-state index contributed by atoms with van der Waals surface area (Å²) in [5, 5.41) is 9.41. The van der Waals surface area contributed by atoms with E-state index in [1.165, 1.54) is 12.1 Å². The molecule has 1 saturated heterocycles. The van der Waals surface area contributed by atoms with Gasteiger partial charge in [-0.2, -0.15) is 5.26 Å². The number of nitriles is 1. The zero-order valence-electron chi connectivity index (χ0n) is 20.8. The first-order valence-corrected chi connectivity index (χ1v) is 11.9. The Labute approximate surface area is 208 Å². The second kappa shape index (κ2) is 9.21. The Morgan fingerprint density at radius 3 is 2.50 bits per heavy atom. The van der Waals surface area contributed by atoms with Crippen molar-refractivity contribution in [3.8, 4) is 6.07 Å². The molecular formula is C27H28FN7O. The van der Waals surface area contributed by atoms with Crippen molar-refractivity contribution in [2.75, 3.05) is 18.0 Å². The maximum absolute atomic E-state index is 13.7. The second-order valence-electron chi connectivity index (χ2n) is 9.57. The Morgan fingerprint density at radius 1 is 1.08 bits per heavy atom. The van der Waals surface area contributed by atoms with Gasteiger partial charge in [0.1, 0.15) is 23.1 Å². The van der Waals surface area contributed by atoms with Gasteiger partial charge < -0.3 is 14.0 Å². The average Bonchev–Trinajstić information content (AvgIpc) is 3.30. The lowest BCUT2D eigenvalue weighted by molar-refractivity contribution is 0.128. The smallest absolute Gasteiger partial charge is 0.252 e. The number of imidazole rings is 1. The van der Waals surface area contributed by atoms with Gasteiger partial charge in [-0.05, 0) is 43.7 Å². The van der Waals surface area contributed by atoms with E-state index in [0.717, 1.165) is 16.9 Å². The fourth-order valence-corrected chi connectivity index (χ4v) is 5.19. The Hall–Kier alpha value is -4.03. The van der Waals surface area contributed by atoms with Crippen molar-refractivity contribution in [2.24, 2.45) is 14.1 Å². The zero-order chi connectivity index (χ0) is 25.6. The van der Waals surface area contributed by atoms with Crippen LogP contribution in [0.25, 0.3) is 11.0 Å². The number of nitrogens with zero attached hydrogens (tertiary/aromatic N) is 7. The quantitative estimate of drug-likeness (QED) is 0.441. The molecule has 9 heteroatoms. The largest absolute Gasteiger partial charge is 0.364 e. The molecule has 0 N–H and O–H groups in total. The molecule has 0 amide bonds. The van der Waals surface area contributed by atoms with Crippen LogP contribution in [0.4, 0.5) is 10.1 Å². The average molecular weight is 486 g/mol. The van der Waals surface area contributed by atoms with Gasteiger partial charge >= 0.3 is 0 Å². The summed E-state index contributed by atoms with van der Waals surface area (Å²) in [6.45, 7) is 5.60. The number of fused-ring (bicyclic) bond motifs is 1. The third kappa shape index (κ3) is 4.14. The van der Waals surface area contributed by atoms with E-state index < -0.39 is 0 Å². The van der Waals surface area contributed by atoms with Gasteiger partial charge in [0.25, 0.3) is 5.56 Å². The maximum atomic E-state index is 13.7. The Morgan fingerprint density at radius 2 is 1.83 bits per heavy atom. The molecule has 1 aliphatic rings. The van der Waals surface area contributed by atoms with E-state index in [4.69, 9.17) is 0 Å². The molecule has 4 aromatic rings. The lowest BCUT2D eigenvalue weighted by Crippen LogP contribution is -2.57. The molecule has 5 rings (SSSR count). The number of halogens is 1. The topological polar surface area (TPSA) is 83.0 Å². The van der Waals surface area contributed by atoms with Crippen LogP contribution in [-0.4, -0.2) is 49.2 Å². The predicted molar refractivity (Wildman–Crippen MR) is 136 cm³/mol. The van der Waals surface area contributed by atoms with Crippen molar-refractivity contribution in [3.05, 3.63) is 88.1 Å². The summed E-state index contributed by atoms with van der Waals surface area (Å²) in [6, 6.07) is 13.7. The SMILES string of the molecule is CC1CN(c2cc(=O)n(C)c3ccc(C#N)nc23)[C@@H](C)CN1C(c1ccc(F)cc1)c1cn(C)cn1. The highest BCUT2D eigenvalue weighted by Gasteiger charge is 2.36. The third-order valence-corrected chi connectivity index (χ3v) is 7.05. The van der Waals surface area contributed by atoms with E-state index in [-0.39, 0.29) is 29.5 Å². The number of rotatable bonds is 4. The van der Waals surface area contributed by atoms with Gasteiger partial charge in [0.05, 0.1) is 29.3 Å². The third-order valence-electron chi connectivity index (χ3n) is 7.05. The zero-order valence-corrected chi connectivity index (χ0v) is 20.8. The first kappa shape index (κ1) is 23.7. The van der Waals surface area contributed by atoms with Crippen LogP contribution in [0.5, 0.6) is 0 Å². The summed E-state index contributed by atoms with van der Waals surface area (Å²) >= 11 is 0. The van der Waals surface area contributed by atoms with Crippen molar-refractivity contribution in [2.45, 2.75) is 32.0 Å². The van der Waals surface area contributed by atoms with Crippen LogP contribution in [0, 0.1) is 17.1 Å². The van der Waals surface area contributed by atoms with E-state index >= 15 is 0 Å². The van der Waals surface area contributed by atoms with Crippen molar-refractivity contribution < 1.29 is 4.39 Å². The number of hydrogen-bond donors (Lipinski definition) is 0. The number of piperazine rings is 1. The minimum atomic E-state index is -0.272. The number of hydrogen-bond acceptors (Lipinski definition) is 6. The van der Waals surface area contributed by atoms with Crippen LogP contribution in [0.1, 0.15) is 36.8 Å². The molecule has 3 aromatic heterocycles. The molecule has 8 nitrogen and oxygen atoms in total. The van der Waals surface area contributed by atoms with Crippen molar-refractivity contribution in [1.29, 1.82) is 5.26 Å². The molecule has 1 aromatic carbocycles. The molecule has 2 unspecified atom stereocenters. The molecule has 0 aliphatic carbocycles. The fourth-order valence-electron chi connectivity index (χ4n) is 5.19. The van der Waals surface area contributed by atoms with Gasteiger partial charge in [-0.1, -0.05) is 12.1 Å². The first-order chi connectivity index (χ1) is 17.3. The van der Waals surface area contributed by atoms with Crippen molar-refractivity contribution >= 4 is 16.7 Å². The lowest BCUT2D eigenvalue weighted by atomic mass is 9.97. The summed E-state index contributed by atoms with van der Waals surface area (Å²) in [4.78, 5) is 26.6. The van der Waals surface area contributed by atoms with Gasteiger partial charge in [-0.15, -0.1) is 0 Å². The van der Waals surface area contributed by atoms with Crippen LogP contribution in [0.15, 0.2) is 59.8 Å². The van der Waals surface area contributed by atoms with Crippen LogP contribution >= 0.6 is 0 Å². The van der Waals surface area contributed by atoms with E-state index in [9.17, 15) is 14.4 Å². The van der Waals surface area contributed by atoms with Gasteiger partial charge in [-0.25, -0.2) is 14.4 Å². The molecule has 0 spiro atoms. The van der Waals surface area contributed by atoms with Gasteiger partial charge in [0.15, 0.2) is 0 Å². The fraction of sp³-hybridized carbons (Fsp3) is 0.333. The molecule has 1 aliphatic heterocycles. The highest BCUT2D eigenvalue weighted by atomic mass is 19.1. The van der Waals surface area contributed by atoms with E-state index in [1.807, 2.05) is 29.9 Å². The minimum Gasteiger partial charge on any atom is -0.364 e. The predicted octanol–water partition coefficient (Wildman–Crippen LogP) is 3.37. The number of aryl methyl sites for hydroxylation is 2. The summed E-state index contributed by atoms with van der Waals surface area (Å²) in [7, 11) is 3.65. The van der Waals surface area contributed by atoms with Crippen molar-refractivity contribution in [1.82, 2.24) is 24.0 Å². The Bertz CT molecular complexity index is 1520. The first-order valence-electron chi connectivity index (χ1n) is 11.9. The second-order valence-corrected chi connectivity index (χ2v) is 9.57. The van der Waals surface area contributed by atoms with E-state index in [2.05, 4.69) is 39.7 Å². The normalized spacial score (nSPS) is 19.4. The van der Waals surface area contributed by atoms with Crippen LogP contribution < -0.4 is 10.5 Å². The lowest BCUT2D eigenvalue weighted by Gasteiger charge is -2.48. The molecule has 0 saturated carbocycles. The molecule has 184 valence electrons. The molecule has 3 atom stereocenters. The molecule has 4 heterocycles. The summed E-state index contributed by atoms with van der Waals surface area (Å²) < 4.78 is 17.2. The minimum absolute atomic E-state index is 0.0377. The van der Waals surface area contributed by atoms with Crippen molar-refractivity contribution in [3.63, 3.8) is 0 Å². The summed E-state index contributed by atoms with van der Waals surface area (Å²) in [5.74, 6) is -0.272. The maximum Gasteiger partial charge on any atom is 0.252 e. The standard InChI is InChI=1S/C27H28FN7O/c1-17-14-35(27(22-15-32(3)16-30-22)19-5-7-20(28)8-6-19)18(2)13-34(17)24-11-25(36)33(4)23-10-9-21(12-29)31-26(23)24/h5-11,15-18,27H,13-14H2,1-4H3/t17-,18?,27?/m0/s1. The molecule has 36 heavy (non-hydrogen) atoms. The number of pyridine rings is 2. The number of aromatic nitrogens is 4. The highest BCUT2D eigenvalue weighted by Crippen LogP contribution is 2.35. The molecule has 0 bridgehead atoms. The van der Waals surface area contributed by atoms with Crippen LogP contribution in [-0.2, 0) is 14.1 Å². The van der Waals surface area contributed by atoms with E-state index in [0.29, 0.717) is 29.8 Å². The summed E-state index contributed by atoms with van der Waals surface area (Å²) in [5.41, 5.74) is 4.13. The Balaban J connectivity index is 1.55. The molecule has 1 fully saturated rings. The summed E-state index contributed by atoms with van der Waals surface area (Å²) in [6.07, 6.45) is 3.78. The number of anilines is 1. The Kier molecular flexibility index (Phi) is 6.06. The van der Waals surface area contributed by atoms with Gasteiger partial charge in [-0.3, -0.25) is 9.69 Å². The van der Waals surface area contributed by atoms with Crippen LogP contribution in [0.2, 0.25) is 0 Å². The molecular weight excluding hydrogens is 457 g/mol. The molecule has 0 radical (unpaired) electrons. The highest BCUT2D eigenvalue weighted by molar-refractivity contribution is 5.89. The van der Waals surface area contributed by atoms with E-state index in [1.54, 1.807) is 36.1 Å².